The number of hydrogen-bond acceptors (Lipinski definition) is 6. The Morgan fingerprint density at radius 2 is 1.96 bits per heavy atom. The molecule has 2 atom stereocenters. The Hall–Kier alpha value is -2.12. The van der Waals surface area contributed by atoms with E-state index in [4.69, 9.17) is 15.2 Å². The lowest BCUT2D eigenvalue weighted by Gasteiger charge is -2.43. The number of thiazole rings is 1. The fourth-order valence-corrected chi connectivity index (χ4v) is 5.45. The zero-order valence-electron chi connectivity index (χ0n) is 15.0. The van der Waals surface area contributed by atoms with E-state index in [2.05, 4.69) is 10.3 Å². The Morgan fingerprint density at radius 1 is 1.19 bits per heavy atom. The van der Waals surface area contributed by atoms with Gasteiger partial charge >= 0.3 is 0 Å². The van der Waals surface area contributed by atoms with E-state index in [0.29, 0.717) is 17.0 Å². The van der Waals surface area contributed by atoms with E-state index in [1.54, 1.807) is 0 Å². The normalized spacial score (nSPS) is 28.8. The molecule has 2 saturated carbocycles. The quantitative estimate of drug-likeness (QED) is 0.842. The summed E-state index contributed by atoms with van der Waals surface area (Å²) in [6.07, 6.45) is 5.39. The maximum absolute atomic E-state index is 12.8. The molecule has 0 saturated heterocycles. The third-order valence-corrected chi connectivity index (χ3v) is 6.94. The number of fused-ring (bicyclic) bond motifs is 3. The predicted octanol–water partition coefficient (Wildman–Crippen LogP) is 3.63. The summed E-state index contributed by atoms with van der Waals surface area (Å²) >= 11 is 1.45. The van der Waals surface area contributed by atoms with Crippen LogP contribution in [-0.2, 0) is 4.79 Å². The van der Waals surface area contributed by atoms with Crippen LogP contribution in [0.25, 0.3) is 11.3 Å². The van der Waals surface area contributed by atoms with E-state index in [1.807, 2.05) is 23.6 Å². The number of benzene rings is 1. The highest BCUT2D eigenvalue weighted by atomic mass is 32.1. The average molecular weight is 385 g/mol. The van der Waals surface area contributed by atoms with Crippen LogP contribution in [0.2, 0.25) is 0 Å². The zero-order chi connectivity index (χ0) is 18.4. The number of carbonyl (C=O) groups is 1. The number of nitrogens with two attached hydrogens (primary N) is 1. The predicted molar refractivity (Wildman–Crippen MR) is 104 cm³/mol. The summed E-state index contributed by atoms with van der Waals surface area (Å²) in [4.78, 5) is 17.4. The number of aromatic nitrogens is 1. The molecule has 1 aromatic heterocycles. The lowest BCUT2D eigenvalue weighted by molar-refractivity contribution is -0.122. The van der Waals surface area contributed by atoms with E-state index >= 15 is 0 Å². The minimum atomic E-state index is 0.0537. The molecule has 0 spiro atoms. The van der Waals surface area contributed by atoms with Crippen molar-refractivity contribution < 1.29 is 14.3 Å². The number of ether oxygens (including phenoxy) is 2. The van der Waals surface area contributed by atoms with Gasteiger partial charge in [-0.1, -0.05) is 6.42 Å². The fourth-order valence-electron chi connectivity index (χ4n) is 4.73. The van der Waals surface area contributed by atoms with Gasteiger partial charge in [-0.2, -0.15) is 0 Å². The molecular weight excluding hydrogens is 362 g/mol. The Kier molecular flexibility index (Phi) is 4.28. The molecule has 1 aliphatic heterocycles. The smallest absolute Gasteiger partial charge is 0.231 e. The first-order chi connectivity index (χ1) is 13.2. The summed E-state index contributed by atoms with van der Waals surface area (Å²) in [5, 5.41) is 5.63. The summed E-state index contributed by atoms with van der Waals surface area (Å²) < 4.78 is 10.8. The van der Waals surface area contributed by atoms with Gasteiger partial charge in [-0.3, -0.25) is 4.79 Å². The number of hydrogen-bond donors (Lipinski definition) is 2. The lowest BCUT2D eigenvalue weighted by Crippen LogP contribution is -2.48. The van der Waals surface area contributed by atoms with E-state index in [9.17, 15) is 4.79 Å². The second-order valence-electron chi connectivity index (χ2n) is 7.79. The molecule has 2 aromatic rings. The van der Waals surface area contributed by atoms with Crippen LogP contribution in [0.5, 0.6) is 11.5 Å². The van der Waals surface area contributed by atoms with Crippen LogP contribution in [0, 0.1) is 17.8 Å². The highest BCUT2D eigenvalue weighted by Gasteiger charge is 2.40. The third kappa shape index (κ3) is 3.19. The number of nitrogens with one attached hydrogen (secondary N) is 1. The third-order valence-electron chi connectivity index (χ3n) is 6.19. The largest absolute Gasteiger partial charge is 0.454 e. The zero-order valence-corrected chi connectivity index (χ0v) is 15.8. The van der Waals surface area contributed by atoms with Crippen molar-refractivity contribution >= 4 is 22.4 Å². The van der Waals surface area contributed by atoms with E-state index < -0.39 is 0 Å². The van der Waals surface area contributed by atoms with Crippen molar-refractivity contribution in [2.45, 2.75) is 38.1 Å². The van der Waals surface area contributed by atoms with Gasteiger partial charge in [-0.05, 0) is 55.7 Å². The summed E-state index contributed by atoms with van der Waals surface area (Å²) in [6, 6.07) is 6.05. The molecule has 2 bridgehead atoms. The van der Waals surface area contributed by atoms with Crippen molar-refractivity contribution in [3.8, 4) is 22.8 Å². The molecule has 2 aliphatic carbocycles. The highest BCUT2D eigenvalue weighted by Crippen LogP contribution is 2.42. The fraction of sp³-hybridized carbons (Fsp3) is 0.500. The second-order valence-corrected chi connectivity index (χ2v) is 8.65. The average Bonchev–Trinajstić information content (AvgIpc) is 3.29. The van der Waals surface area contributed by atoms with Crippen LogP contribution < -0.4 is 20.5 Å². The first-order valence-corrected chi connectivity index (χ1v) is 10.5. The first kappa shape index (κ1) is 17.0. The van der Waals surface area contributed by atoms with Crippen LogP contribution in [0.15, 0.2) is 23.6 Å². The van der Waals surface area contributed by atoms with Crippen LogP contribution in [-0.4, -0.2) is 23.7 Å². The monoisotopic (exact) mass is 385 g/mol. The molecule has 6 nitrogen and oxygen atoms in total. The SMILES string of the molecule is NC1C2CCCC1CC(C(=O)Nc1nc(-c3ccc4c(c3)OCO4)cs1)C2. The summed E-state index contributed by atoms with van der Waals surface area (Å²) in [5.41, 5.74) is 8.13. The lowest BCUT2D eigenvalue weighted by atomic mass is 9.65. The molecule has 3 aliphatic rings. The molecule has 5 rings (SSSR count). The number of carbonyl (C=O) groups excluding carboxylic acids is 1. The molecule has 142 valence electrons. The molecule has 0 radical (unpaired) electrons. The molecule has 2 fully saturated rings. The van der Waals surface area contributed by atoms with Gasteiger partial charge in [-0.15, -0.1) is 11.3 Å². The van der Waals surface area contributed by atoms with E-state index in [1.165, 1.54) is 17.8 Å². The van der Waals surface area contributed by atoms with Crippen LogP contribution in [0.4, 0.5) is 5.13 Å². The van der Waals surface area contributed by atoms with Gasteiger partial charge in [0.15, 0.2) is 16.6 Å². The van der Waals surface area contributed by atoms with Gasteiger partial charge in [-0.25, -0.2) is 4.98 Å². The molecule has 2 unspecified atom stereocenters. The number of nitrogens with zero attached hydrogens (tertiary/aromatic N) is 1. The van der Waals surface area contributed by atoms with E-state index in [0.717, 1.165) is 48.4 Å². The van der Waals surface area contributed by atoms with Gasteiger partial charge in [0.2, 0.25) is 12.7 Å². The van der Waals surface area contributed by atoms with Crippen molar-refractivity contribution in [2.75, 3.05) is 12.1 Å². The van der Waals surface area contributed by atoms with Crippen molar-refractivity contribution in [2.24, 2.45) is 23.5 Å². The van der Waals surface area contributed by atoms with Crippen molar-refractivity contribution in [1.29, 1.82) is 0 Å². The minimum Gasteiger partial charge on any atom is -0.454 e. The summed E-state index contributed by atoms with van der Waals surface area (Å²) in [6.45, 7) is 0.254. The number of amides is 1. The first-order valence-electron chi connectivity index (χ1n) is 9.59. The minimum absolute atomic E-state index is 0.0537. The van der Waals surface area contributed by atoms with Gasteiger partial charge < -0.3 is 20.5 Å². The molecule has 1 amide bonds. The van der Waals surface area contributed by atoms with Crippen molar-refractivity contribution in [3.05, 3.63) is 23.6 Å². The van der Waals surface area contributed by atoms with Crippen molar-refractivity contribution in [3.63, 3.8) is 0 Å². The van der Waals surface area contributed by atoms with Crippen LogP contribution in [0.3, 0.4) is 0 Å². The molecular formula is C20H23N3O3S. The standard InChI is InChI=1S/C20H23N3O3S/c21-18-12-2-1-3-13(18)7-14(6-12)19(24)23-20-22-15(9-27-20)11-4-5-16-17(8-11)26-10-25-16/h4-5,8-9,12-14,18H,1-3,6-7,10,21H2,(H,22,23,24). The van der Waals surface area contributed by atoms with Gasteiger partial charge in [0.05, 0.1) is 5.69 Å². The molecule has 1 aromatic carbocycles. The summed E-state index contributed by atoms with van der Waals surface area (Å²) in [7, 11) is 0. The van der Waals surface area contributed by atoms with Gasteiger partial charge in [0.25, 0.3) is 0 Å². The summed E-state index contributed by atoms with van der Waals surface area (Å²) in [5.74, 6) is 2.62. The van der Waals surface area contributed by atoms with Gasteiger partial charge in [0.1, 0.15) is 0 Å². The molecule has 27 heavy (non-hydrogen) atoms. The van der Waals surface area contributed by atoms with Gasteiger partial charge in [0, 0.05) is 22.9 Å². The van der Waals surface area contributed by atoms with Crippen molar-refractivity contribution in [1.82, 2.24) is 4.98 Å². The Balaban J connectivity index is 1.27. The maximum Gasteiger partial charge on any atom is 0.231 e. The van der Waals surface area contributed by atoms with Crippen LogP contribution >= 0.6 is 11.3 Å². The maximum atomic E-state index is 12.8. The topological polar surface area (TPSA) is 86.5 Å². The number of rotatable bonds is 3. The molecule has 7 heteroatoms. The molecule has 2 heterocycles. The Morgan fingerprint density at radius 3 is 2.78 bits per heavy atom. The number of anilines is 1. The second kappa shape index (κ2) is 6.80. The highest BCUT2D eigenvalue weighted by molar-refractivity contribution is 7.14. The van der Waals surface area contributed by atoms with E-state index in [-0.39, 0.29) is 24.7 Å². The Bertz CT molecular complexity index is 854. The Labute approximate surface area is 162 Å². The van der Waals surface area contributed by atoms with Crippen LogP contribution in [0.1, 0.15) is 32.1 Å². The molecule has 3 N–H and O–H groups in total.